The summed E-state index contributed by atoms with van der Waals surface area (Å²) < 4.78 is 40.0. The minimum atomic E-state index is -4.54. The lowest BCUT2D eigenvalue weighted by Gasteiger charge is -2.34. The van der Waals surface area contributed by atoms with E-state index in [0.717, 1.165) is 51.0 Å². The fraction of sp³-hybridized carbons (Fsp3) is 0.722. The monoisotopic (exact) mass is 401 g/mol. The smallest absolute Gasteiger partial charge is 0.360 e. The molecule has 5 nitrogen and oxygen atoms in total. The summed E-state index contributed by atoms with van der Waals surface area (Å²) in [6.07, 6.45) is 3.95. The van der Waals surface area contributed by atoms with E-state index >= 15 is 0 Å². The number of aromatic nitrogens is 2. The van der Waals surface area contributed by atoms with Crippen molar-refractivity contribution in [2.24, 2.45) is 0 Å². The van der Waals surface area contributed by atoms with Gasteiger partial charge in [0.25, 0.3) is 0 Å². The maximum absolute atomic E-state index is 13.3. The van der Waals surface area contributed by atoms with E-state index in [1.54, 1.807) is 0 Å². The quantitative estimate of drug-likeness (QED) is 0.728. The highest BCUT2D eigenvalue weighted by Crippen LogP contribution is 2.32. The number of hydrogen-bond acceptors (Lipinski definition) is 4. The standard InChI is InChI=1S/C18H26F3N5S/c1-12-7-5-6-10-26(12)15-11-14(18(19,20)21)23-16(24-15)25-17(27)22-13-8-3-2-4-9-13/h11-13H,2-10H2,1H3,(H2,22,23,24,25,27)/t12-/m0/s1. The van der Waals surface area contributed by atoms with Gasteiger partial charge in [0.2, 0.25) is 5.95 Å². The van der Waals surface area contributed by atoms with Crippen LogP contribution in [0.15, 0.2) is 6.07 Å². The van der Waals surface area contributed by atoms with Crippen LogP contribution in [0.2, 0.25) is 0 Å². The van der Waals surface area contributed by atoms with Crippen molar-refractivity contribution in [1.82, 2.24) is 15.3 Å². The molecule has 150 valence electrons. The van der Waals surface area contributed by atoms with Crippen LogP contribution in [0.4, 0.5) is 24.9 Å². The molecule has 1 atom stereocenters. The Morgan fingerprint density at radius 3 is 2.48 bits per heavy atom. The average molecular weight is 402 g/mol. The fourth-order valence-corrected chi connectivity index (χ4v) is 4.05. The van der Waals surface area contributed by atoms with Gasteiger partial charge < -0.3 is 15.5 Å². The molecule has 1 aliphatic carbocycles. The van der Waals surface area contributed by atoms with Crippen LogP contribution in [0.1, 0.15) is 64.0 Å². The molecule has 0 amide bonds. The molecule has 9 heteroatoms. The Balaban J connectivity index is 1.78. The first-order valence-electron chi connectivity index (χ1n) is 9.63. The highest BCUT2D eigenvalue weighted by atomic mass is 32.1. The molecule has 3 rings (SSSR count). The average Bonchev–Trinajstić information content (AvgIpc) is 2.62. The first-order valence-corrected chi connectivity index (χ1v) is 10.0. The van der Waals surface area contributed by atoms with Crippen molar-refractivity contribution in [2.45, 2.75) is 76.6 Å². The zero-order chi connectivity index (χ0) is 19.4. The molecule has 2 N–H and O–H groups in total. The Morgan fingerprint density at radius 1 is 1.11 bits per heavy atom. The molecule has 0 unspecified atom stereocenters. The molecule has 2 heterocycles. The number of nitrogens with one attached hydrogen (secondary N) is 2. The molecular weight excluding hydrogens is 375 g/mol. The number of rotatable bonds is 3. The van der Waals surface area contributed by atoms with E-state index in [0.29, 0.717) is 12.4 Å². The van der Waals surface area contributed by atoms with Gasteiger partial charge in [-0.25, -0.2) is 4.98 Å². The number of piperidine rings is 1. The van der Waals surface area contributed by atoms with Gasteiger partial charge in [0.15, 0.2) is 10.8 Å². The molecule has 1 saturated heterocycles. The number of nitrogens with zero attached hydrogens (tertiary/aromatic N) is 3. The van der Waals surface area contributed by atoms with E-state index < -0.39 is 11.9 Å². The number of hydrogen-bond donors (Lipinski definition) is 2. The molecule has 2 aliphatic rings. The first-order chi connectivity index (χ1) is 12.8. The van der Waals surface area contributed by atoms with Gasteiger partial charge in [0, 0.05) is 24.7 Å². The van der Waals surface area contributed by atoms with Crippen molar-refractivity contribution in [2.75, 3.05) is 16.8 Å². The number of anilines is 2. The highest BCUT2D eigenvalue weighted by molar-refractivity contribution is 7.80. The third-order valence-corrected chi connectivity index (χ3v) is 5.49. The van der Waals surface area contributed by atoms with Crippen molar-refractivity contribution in [3.63, 3.8) is 0 Å². The van der Waals surface area contributed by atoms with Crippen molar-refractivity contribution >= 4 is 29.1 Å². The zero-order valence-electron chi connectivity index (χ0n) is 15.5. The van der Waals surface area contributed by atoms with Crippen molar-refractivity contribution in [3.05, 3.63) is 11.8 Å². The lowest BCUT2D eigenvalue weighted by atomic mass is 9.96. The van der Waals surface area contributed by atoms with Crippen molar-refractivity contribution < 1.29 is 13.2 Å². The molecule has 1 aliphatic heterocycles. The van der Waals surface area contributed by atoms with E-state index in [-0.39, 0.29) is 23.1 Å². The SMILES string of the molecule is C[C@H]1CCCCN1c1cc(C(F)(F)F)nc(NC(=S)NC2CCCCC2)n1. The Kier molecular flexibility index (Phi) is 6.39. The molecule has 1 aromatic rings. The van der Waals surface area contributed by atoms with Crippen LogP contribution in [0.25, 0.3) is 0 Å². The fourth-order valence-electron chi connectivity index (χ4n) is 3.79. The van der Waals surface area contributed by atoms with Gasteiger partial charge in [-0.1, -0.05) is 19.3 Å². The normalized spacial score (nSPS) is 21.8. The van der Waals surface area contributed by atoms with Crippen LogP contribution in [-0.4, -0.2) is 33.7 Å². The Hall–Kier alpha value is -1.64. The second-order valence-electron chi connectivity index (χ2n) is 7.40. The molecule has 1 aromatic heterocycles. The van der Waals surface area contributed by atoms with Gasteiger partial charge >= 0.3 is 6.18 Å². The van der Waals surface area contributed by atoms with Crippen LogP contribution >= 0.6 is 12.2 Å². The molecule has 1 saturated carbocycles. The Bertz CT molecular complexity index is 661. The second kappa shape index (κ2) is 8.58. The summed E-state index contributed by atoms with van der Waals surface area (Å²) in [6.45, 7) is 2.70. The molecule has 0 radical (unpaired) electrons. The van der Waals surface area contributed by atoms with Gasteiger partial charge in [-0.2, -0.15) is 18.2 Å². The Morgan fingerprint density at radius 2 is 1.81 bits per heavy atom. The van der Waals surface area contributed by atoms with Crippen molar-refractivity contribution in [3.8, 4) is 0 Å². The third kappa shape index (κ3) is 5.43. The van der Waals surface area contributed by atoms with Crippen molar-refractivity contribution in [1.29, 1.82) is 0 Å². The van der Waals surface area contributed by atoms with Crippen LogP contribution < -0.4 is 15.5 Å². The molecule has 2 fully saturated rings. The topological polar surface area (TPSA) is 53.1 Å². The second-order valence-corrected chi connectivity index (χ2v) is 7.81. The summed E-state index contributed by atoms with van der Waals surface area (Å²) in [7, 11) is 0. The maximum Gasteiger partial charge on any atom is 0.433 e. The minimum absolute atomic E-state index is 0.106. The van der Waals surface area contributed by atoms with Gasteiger partial charge in [-0.3, -0.25) is 0 Å². The van der Waals surface area contributed by atoms with Gasteiger partial charge in [0.1, 0.15) is 5.82 Å². The number of halogens is 3. The molecule has 0 bridgehead atoms. The summed E-state index contributed by atoms with van der Waals surface area (Å²) in [5, 5.41) is 6.22. The number of alkyl halides is 3. The Labute approximate surface area is 163 Å². The van der Waals surface area contributed by atoms with Gasteiger partial charge in [-0.05, 0) is 51.2 Å². The molecule has 0 aromatic carbocycles. The van der Waals surface area contributed by atoms with Gasteiger partial charge in [0.05, 0.1) is 0 Å². The summed E-state index contributed by atoms with van der Waals surface area (Å²) >= 11 is 5.28. The minimum Gasteiger partial charge on any atom is -0.360 e. The van der Waals surface area contributed by atoms with E-state index in [1.165, 1.54) is 6.42 Å². The summed E-state index contributed by atoms with van der Waals surface area (Å²) in [5.41, 5.74) is -0.951. The van der Waals surface area contributed by atoms with E-state index in [9.17, 15) is 13.2 Å². The largest absolute Gasteiger partial charge is 0.433 e. The van der Waals surface area contributed by atoms with E-state index in [2.05, 4.69) is 20.6 Å². The van der Waals surface area contributed by atoms with E-state index in [1.807, 2.05) is 11.8 Å². The summed E-state index contributed by atoms with van der Waals surface area (Å²) in [5.74, 6) is 0.193. The van der Waals surface area contributed by atoms with Crippen LogP contribution in [-0.2, 0) is 6.18 Å². The van der Waals surface area contributed by atoms with Crippen LogP contribution in [0.3, 0.4) is 0 Å². The number of thiocarbonyl (C=S) groups is 1. The zero-order valence-corrected chi connectivity index (χ0v) is 16.3. The molecule has 0 spiro atoms. The lowest BCUT2D eigenvalue weighted by Crippen LogP contribution is -2.40. The predicted octanol–water partition coefficient (Wildman–Crippen LogP) is 4.49. The van der Waals surface area contributed by atoms with Crippen LogP contribution in [0, 0.1) is 0 Å². The predicted molar refractivity (Wildman–Crippen MR) is 104 cm³/mol. The third-order valence-electron chi connectivity index (χ3n) is 5.27. The summed E-state index contributed by atoms with van der Waals surface area (Å²) in [6, 6.07) is 1.44. The maximum atomic E-state index is 13.3. The highest BCUT2D eigenvalue weighted by Gasteiger charge is 2.35. The van der Waals surface area contributed by atoms with E-state index in [4.69, 9.17) is 12.2 Å². The van der Waals surface area contributed by atoms with Gasteiger partial charge in [-0.15, -0.1) is 0 Å². The molecular formula is C18H26F3N5S. The molecule has 27 heavy (non-hydrogen) atoms. The first kappa shape index (κ1) is 20.1. The lowest BCUT2D eigenvalue weighted by molar-refractivity contribution is -0.141. The van der Waals surface area contributed by atoms with Crippen LogP contribution in [0.5, 0.6) is 0 Å². The summed E-state index contributed by atoms with van der Waals surface area (Å²) in [4.78, 5) is 9.91.